The summed E-state index contributed by atoms with van der Waals surface area (Å²) < 4.78 is 40.7. The molecule has 1 aliphatic rings. The summed E-state index contributed by atoms with van der Waals surface area (Å²) in [4.78, 5) is 12.0. The Morgan fingerprint density at radius 3 is 2.52 bits per heavy atom. The van der Waals surface area contributed by atoms with Crippen molar-refractivity contribution in [3.8, 4) is 5.75 Å². The van der Waals surface area contributed by atoms with E-state index in [9.17, 15) is 18.0 Å². The number of anilines is 1. The van der Waals surface area contributed by atoms with Gasteiger partial charge in [0.05, 0.1) is 5.69 Å². The molecule has 0 saturated heterocycles. The molecule has 2 atom stereocenters. The van der Waals surface area contributed by atoms with Crippen molar-refractivity contribution in [3.63, 3.8) is 0 Å². The Hall–Kier alpha value is -1.47. The van der Waals surface area contributed by atoms with Crippen LogP contribution in [0.1, 0.15) is 19.3 Å². The fraction of sp³-hybridized carbons (Fsp3) is 0.462. The number of ether oxygens (including phenoxy) is 1. The zero-order valence-electron chi connectivity index (χ0n) is 11.0. The number of nitrogens with one attached hydrogen (secondary N) is 1. The molecule has 21 heavy (non-hydrogen) atoms. The maximum atomic E-state index is 12.3. The predicted molar refractivity (Wildman–Crippen MR) is 74.3 cm³/mol. The molecule has 1 amide bonds. The number of amides is 1. The molecule has 0 heterocycles. The first-order valence-corrected chi connectivity index (χ1v) is 6.26. The lowest BCUT2D eigenvalue weighted by Crippen LogP contribution is -2.24. The molecule has 0 aromatic heterocycles. The SMILES string of the molecule is Cl.NC1CCC(C(=O)Nc2ccccc2OC(F)(F)F)C1. The van der Waals surface area contributed by atoms with Crippen LogP contribution in [0.3, 0.4) is 0 Å². The highest BCUT2D eigenvalue weighted by Gasteiger charge is 2.33. The highest BCUT2D eigenvalue weighted by atomic mass is 35.5. The maximum Gasteiger partial charge on any atom is 0.573 e. The molecule has 0 spiro atoms. The molecule has 8 heteroatoms. The predicted octanol–water partition coefficient (Wildman–Crippen LogP) is 3.07. The van der Waals surface area contributed by atoms with Crippen LogP contribution < -0.4 is 15.8 Å². The number of hydrogen-bond acceptors (Lipinski definition) is 3. The van der Waals surface area contributed by atoms with Gasteiger partial charge in [0.2, 0.25) is 5.91 Å². The summed E-state index contributed by atoms with van der Waals surface area (Å²) in [6.45, 7) is 0. The fourth-order valence-corrected chi connectivity index (χ4v) is 2.27. The highest BCUT2D eigenvalue weighted by Crippen LogP contribution is 2.31. The molecule has 118 valence electrons. The van der Waals surface area contributed by atoms with Gasteiger partial charge >= 0.3 is 6.36 Å². The molecule has 4 nitrogen and oxygen atoms in total. The quantitative estimate of drug-likeness (QED) is 0.898. The van der Waals surface area contributed by atoms with Crippen molar-refractivity contribution in [1.82, 2.24) is 0 Å². The lowest BCUT2D eigenvalue weighted by molar-refractivity contribution is -0.274. The Morgan fingerprint density at radius 2 is 1.95 bits per heavy atom. The Labute approximate surface area is 126 Å². The minimum Gasteiger partial charge on any atom is -0.404 e. The van der Waals surface area contributed by atoms with Crippen molar-refractivity contribution >= 4 is 24.0 Å². The monoisotopic (exact) mass is 324 g/mol. The van der Waals surface area contributed by atoms with Gasteiger partial charge in [0.15, 0.2) is 5.75 Å². The first-order valence-electron chi connectivity index (χ1n) is 6.26. The van der Waals surface area contributed by atoms with Gasteiger partial charge in [-0.25, -0.2) is 0 Å². The molecular formula is C13H16ClF3N2O2. The molecule has 1 fully saturated rings. The standard InChI is InChI=1S/C13H15F3N2O2.ClH/c14-13(15,16)20-11-4-2-1-3-10(11)18-12(19)8-5-6-9(17)7-8;/h1-4,8-9H,5-7,17H2,(H,18,19);1H. The smallest absolute Gasteiger partial charge is 0.404 e. The number of para-hydroxylation sites is 2. The van der Waals surface area contributed by atoms with Gasteiger partial charge in [-0.1, -0.05) is 12.1 Å². The maximum absolute atomic E-state index is 12.3. The summed E-state index contributed by atoms with van der Waals surface area (Å²) in [5.41, 5.74) is 5.73. The third-order valence-electron chi connectivity index (χ3n) is 3.21. The second-order valence-corrected chi connectivity index (χ2v) is 4.80. The van der Waals surface area contributed by atoms with Gasteiger partial charge in [-0.3, -0.25) is 4.79 Å². The average Bonchev–Trinajstić information content (AvgIpc) is 2.77. The molecule has 0 radical (unpaired) electrons. The van der Waals surface area contributed by atoms with E-state index in [2.05, 4.69) is 10.1 Å². The second-order valence-electron chi connectivity index (χ2n) is 4.80. The minimum atomic E-state index is -4.80. The number of rotatable bonds is 3. The Kier molecular flexibility index (Phi) is 5.86. The number of alkyl halides is 3. The topological polar surface area (TPSA) is 64.4 Å². The van der Waals surface area contributed by atoms with Gasteiger partial charge in [0.25, 0.3) is 0 Å². The summed E-state index contributed by atoms with van der Waals surface area (Å²) >= 11 is 0. The molecular weight excluding hydrogens is 309 g/mol. The van der Waals surface area contributed by atoms with Gasteiger partial charge < -0.3 is 15.8 Å². The van der Waals surface area contributed by atoms with E-state index in [0.29, 0.717) is 12.8 Å². The third-order valence-corrected chi connectivity index (χ3v) is 3.21. The van der Waals surface area contributed by atoms with Crippen LogP contribution in [0.5, 0.6) is 5.75 Å². The molecule has 1 aliphatic carbocycles. The first-order chi connectivity index (χ1) is 9.35. The number of carbonyl (C=O) groups is 1. The van der Waals surface area contributed by atoms with Crippen LogP contribution in [0.15, 0.2) is 24.3 Å². The first kappa shape index (κ1) is 17.6. The lowest BCUT2D eigenvalue weighted by atomic mass is 10.1. The number of benzene rings is 1. The molecule has 1 aromatic carbocycles. The van der Waals surface area contributed by atoms with E-state index in [4.69, 9.17) is 5.73 Å². The number of halogens is 4. The molecule has 0 aliphatic heterocycles. The fourth-order valence-electron chi connectivity index (χ4n) is 2.27. The van der Waals surface area contributed by atoms with Crippen LogP contribution in [0.2, 0.25) is 0 Å². The van der Waals surface area contributed by atoms with E-state index in [1.807, 2.05) is 0 Å². The van der Waals surface area contributed by atoms with E-state index in [1.54, 1.807) is 0 Å². The molecule has 1 saturated carbocycles. The molecule has 2 rings (SSSR count). The van der Waals surface area contributed by atoms with Crippen LogP contribution in [0.25, 0.3) is 0 Å². The summed E-state index contributed by atoms with van der Waals surface area (Å²) in [7, 11) is 0. The van der Waals surface area contributed by atoms with Crippen molar-refractivity contribution < 1.29 is 22.7 Å². The van der Waals surface area contributed by atoms with E-state index in [1.165, 1.54) is 18.2 Å². The van der Waals surface area contributed by atoms with Crippen molar-refractivity contribution in [2.75, 3.05) is 5.32 Å². The van der Waals surface area contributed by atoms with Crippen molar-refractivity contribution in [2.45, 2.75) is 31.7 Å². The van der Waals surface area contributed by atoms with Crippen LogP contribution in [0, 0.1) is 5.92 Å². The molecule has 2 unspecified atom stereocenters. The normalized spacial score (nSPS) is 21.5. The van der Waals surface area contributed by atoms with Crippen LogP contribution in [0.4, 0.5) is 18.9 Å². The lowest BCUT2D eigenvalue weighted by Gasteiger charge is -2.15. The Balaban J connectivity index is 0.00000220. The summed E-state index contributed by atoms with van der Waals surface area (Å²) in [5.74, 6) is -1.00. The molecule has 1 aromatic rings. The largest absolute Gasteiger partial charge is 0.573 e. The minimum absolute atomic E-state index is 0. The zero-order valence-corrected chi connectivity index (χ0v) is 11.8. The number of hydrogen-bond donors (Lipinski definition) is 2. The van der Waals surface area contributed by atoms with Gasteiger partial charge in [-0.2, -0.15) is 0 Å². The van der Waals surface area contributed by atoms with Gasteiger partial charge in [0, 0.05) is 12.0 Å². The Bertz CT molecular complexity index is 497. The van der Waals surface area contributed by atoms with Crippen molar-refractivity contribution in [1.29, 1.82) is 0 Å². The van der Waals surface area contributed by atoms with Gasteiger partial charge in [-0.15, -0.1) is 25.6 Å². The zero-order chi connectivity index (χ0) is 14.8. The summed E-state index contributed by atoms with van der Waals surface area (Å²) in [6, 6.07) is 5.44. The van der Waals surface area contributed by atoms with Crippen molar-refractivity contribution in [2.24, 2.45) is 11.7 Å². The molecule has 3 N–H and O–H groups in total. The summed E-state index contributed by atoms with van der Waals surface area (Å²) in [6.07, 6.45) is -2.85. The number of carbonyl (C=O) groups excluding carboxylic acids is 1. The highest BCUT2D eigenvalue weighted by molar-refractivity contribution is 5.94. The van der Waals surface area contributed by atoms with Gasteiger partial charge in [0.1, 0.15) is 0 Å². The van der Waals surface area contributed by atoms with E-state index < -0.39 is 12.1 Å². The number of nitrogens with two attached hydrogens (primary N) is 1. The van der Waals surface area contributed by atoms with Gasteiger partial charge in [-0.05, 0) is 31.4 Å². The Morgan fingerprint density at radius 1 is 1.29 bits per heavy atom. The van der Waals surface area contributed by atoms with E-state index in [-0.39, 0.29) is 36.0 Å². The third kappa shape index (κ3) is 5.09. The second kappa shape index (κ2) is 7.00. The average molecular weight is 325 g/mol. The van der Waals surface area contributed by atoms with E-state index >= 15 is 0 Å². The van der Waals surface area contributed by atoms with Crippen LogP contribution in [-0.2, 0) is 4.79 Å². The van der Waals surface area contributed by atoms with E-state index in [0.717, 1.165) is 12.5 Å². The van der Waals surface area contributed by atoms with Crippen LogP contribution in [-0.4, -0.2) is 18.3 Å². The van der Waals surface area contributed by atoms with Crippen molar-refractivity contribution in [3.05, 3.63) is 24.3 Å². The molecule has 0 bridgehead atoms. The summed E-state index contributed by atoms with van der Waals surface area (Å²) in [5, 5.41) is 2.48. The van der Waals surface area contributed by atoms with Crippen LogP contribution >= 0.6 is 12.4 Å².